The summed E-state index contributed by atoms with van der Waals surface area (Å²) in [5, 5.41) is 0. The predicted molar refractivity (Wildman–Crippen MR) is 101 cm³/mol. The summed E-state index contributed by atoms with van der Waals surface area (Å²) in [6, 6.07) is 8.22. The van der Waals surface area contributed by atoms with E-state index in [2.05, 4.69) is 74.5 Å². The third-order valence-corrected chi connectivity index (χ3v) is 5.42. The minimum absolute atomic E-state index is 0.554. The third-order valence-electron chi connectivity index (χ3n) is 2.76. The van der Waals surface area contributed by atoms with E-state index in [-0.39, 0.29) is 0 Å². The molecule has 0 amide bonds. The first kappa shape index (κ1) is 17.0. The summed E-state index contributed by atoms with van der Waals surface area (Å²) < 4.78 is 2.06. The molecule has 3 nitrogen and oxygen atoms in total. The van der Waals surface area contributed by atoms with Gasteiger partial charge in [0.25, 0.3) is 0 Å². The van der Waals surface area contributed by atoms with E-state index in [9.17, 15) is 0 Å². The van der Waals surface area contributed by atoms with Gasteiger partial charge < -0.3 is 5.73 Å². The molecule has 1 aromatic carbocycles. The molecule has 0 unspecified atom stereocenters. The van der Waals surface area contributed by atoms with Crippen LogP contribution in [-0.2, 0) is 12.2 Å². The Morgan fingerprint density at radius 1 is 1.33 bits per heavy atom. The van der Waals surface area contributed by atoms with Gasteiger partial charge in [-0.05, 0) is 53.1 Å². The standard InChI is InChI=1S/C15H17BrIN3S/c1-9(2)6-12-14(17)15(18)20-13(19-12)8-21-11-5-3-4-10(16)7-11/h3-5,7,9H,6,8H2,1-2H3,(H2,18,19,20). The molecule has 0 aliphatic carbocycles. The molecule has 0 aliphatic rings. The van der Waals surface area contributed by atoms with Gasteiger partial charge in [-0.2, -0.15) is 0 Å². The van der Waals surface area contributed by atoms with Gasteiger partial charge in [0, 0.05) is 9.37 Å². The highest BCUT2D eigenvalue weighted by molar-refractivity contribution is 14.1. The van der Waals surface area contributed by atoms with Crippen molar-refractivity contribution in [2.75, 3.05) is 5.73 Å². The molecule has 0 bridgehead atoms. The molecule has 0 spiro atoms. The normalized spacial score (nSPS) is 11.1. The zero-order chi connectivity index (χ0) is 15.4. The molecule has 0 saturated heterocycles. The van der Waals surface area contributed by atoms with Crippen LogP contribution in [0.15, 0.2) is 33.6 Å². The number of thioether (sulfide) groups is 1. The van der Waals surface area contributed by atoms with Crippen LogP contribution in [0, 0.1) is 9.49 Å². The maximum atomic E-state index is 6.01. The van der Waals surface area contributed by atoms with Gasteiger partial charge >= 0.3 is 0 Å². The molecule has 0 aliphatic heterocycles. The van der Waals surface area contributed by atoms with Crippen LogP contribution < -0.4 is 5.73 Å². The number of nitrogens with zero attached hydrogens (tertiary/aromatic N) is 2. The Morgan fingerprint density at radius 2 is 2.10 bits per heavy atom. The van der Waals surface area contributed by atoms with Crippen LogP contribution >= 0.6 is 50.3 Å². The van der Waals surface area contributed by atoms with E-state index < -0.39 is 0 Å². The second-order valence-corrected chi connectivity index (χ2v) is 8.17. The average molecular weight is 478 g/mol. The van der Waals surface area contributed by atoms with E-state index in [0.717, 1.165) is 31.7 Å². The highest BCUT2D eigenvalue weighted by atomic mass is 127. The maximum absolute atomic E-state index is 6.01. The average Bonchev–Trinajstić information content (AvgIpc) is 2.41. The molecule has 1 heterocycles. The monoisotopic (exact) mass is 477 g/mol. The van der Waals surface area contributed by atoms with Gasteiger partial charge in [-0.15, -0.1) is 11.8 Å². The molecule has 0 radical (unpaired) electrons. The minimum Gasteiger partial charge on any atom is -0.383 e. The predicted octanol–water partition coefficient (Wildman–Crippen LogP) is 4.92. The van der Waals surface area contributed by atoms with Crippen molar-refractivity contribution in [2.24, 2.45) is 5.92 Å². The number of hydrogen-bond donors (Lipinski definition) is 1. The summed E-state index contributed by atoms with van der Waals surface area (Å²) in [6.45, 7) is 4.37. The van der Waals surface area contributed by atoms with Crippen molar-refractivity contribution >= 4 is 56.1 Å². The van der Waals surface area contributed by atoms with E-state index >= 15 is 0 Å². The van der Waals surface area contributed by atoms with Crippen molar-refractivity contribution in [3.63, 3.8) is 0 Å². The maximum Gasteiger partial charge on any atom is 0.141 e. The second kappa shape index (κ2) is 7.78. The summed E-state index contributed by atoms with van der Waals surface area (Å²) in [5.74, 6) is 2.67. The van der Waals surface area contributed by atoms with Crippen LogP contribution in [-0.4, -0.2) is 9.97 Å². The first-order valence-corrected chi connectivity index (χ1v) is 9.50. The first-order valence-electron chi connectivity index (χ1n) is 6.65. The Kier molecular flexibility index (Phi) is 6.31. The Bertz CT molecular complexity index is 634. The zero-order valence-electron chi connectivity index (χ0n) is 11.9. The molecule has 1 aromatic heterocycles. The second-order valence-electron chi connectivity index (χ2n) is 5.13. The van der Waals surface area contributed by atoms with Gasteiger partial charge in [0.05, 0.1) is 15.0 Å². The van der Waals surface area contributed by atoms with Crippen LogP contribution in [0.25, 0.3) is 0 Å². The van der Waals surface area contributed by atoms with E-state index in [1.807, 2.05) is 12.1 Å². The van der Waals surface area contributed by atoms with Crippen molar-refractivity contribution < 1.29 is 0 Å². The van der Waals surface area contributed by atoms with Gasteiger partial charge in [-0.1, -0.05) is 35.8 Å². The molecular formula is C15H17BrIN3S. The van der Waals surface area contributed by atoms with Crippen molar-refractivity contribution in [3.05, 3.63) is 43.8 Å². The highest BCUT2D eigenvalue weighted by Crippen LogP contribution is 2.26. The lowest BCUT2D eigenvalue weighted by molar-refractivity contribution is 0.629. The van der Waals surface area contributed by atoms with Crippen LogP contribution in [0.4, 0.5) is 5.82 Å². The number of hydrogen-bond acceptors (Lipinski definition) is 4. The zero-order valence-corrected chi connectivity index (χ0v) is 16.5. The summed E-state index contributed by atoms with van der Waals surface area (Å²) >= 11 is 7.44. The third kappa shape index (κ3) is 5.10. The molecule has 6 heteroatoms. The lowest BCUT2D eigenvalue weighted by atomic mass is 10.1. The first-order chi connectivity index (χ1) is 9.95. The van der Waals surface area contributed by atoms with Gasteiger partial charge in [0.15, 0.2) is 0 Å². The van der Waals surface area contributed by atoms with Crippen molar-refractivity contribution in [1.82, 2.24) is 9.97 Å². The van der Waals surface area contributed by atoms with Gasteiger partial charge in [-0.3, -0.25) is 0 Å². The van der Waals surface area contributed by atoms with E-state index in [1.165, 1.54) is 4.90 Å². The molecule has 2 aromatic rings. The lowest BCUT2D eigenvalue weighted by Crippen LogP contribution is -2.09. The van der Waals surface area contributed by atoms with Crippen LogP contribution in [0.1, 0.15) is 25.4 Å². The molecule has 0 atom stereocenters. The van der Waals surface area contributed by atoms with Crippen LogP contribution in [0.2, 0.25) is 0 Å². The largest absolute Gasteiger partial charge is 0.383 e. The number of nitrogen functional groups attached to an aromatic ring is 1. The topological polar surface area (TPSA) is 51.8 Å². The summed E-state index contributed by atoms with van der Waals surface area (Å²) in [4.78, 5) is 10.3. The Labute approximate surface area is 151 Å². The van der Waals surface area contributed by atoms with Gasteiger partial charge in [0.1, 0.15) is 11.6 Å². The molecule has 112 valence electrons. The number of halogens is 2. The molecule has 0 fully saturated rings. The Morgan fingerprint density at radius 3 is 2.76 bits per heavy atom. The van der Waals surface area contributed by atoms with E-state index in [1.54, 1.807) is 11.8 Å². The van der Waals surface area contributed by atoms with Gasteiger partial charge in [-0.25, -0.2) is 9.97 Å². The number of benzene rings is 1. The fourth-order valence-electron chi connectivity index (χ4n) is 1.86. The lowest BCUT2D eigenvalue weighted by Gasteiger charge is -2.10. The quantitative estimate of drug-likeness (QED) is 0.490. The summed E-state index contributed by atoms with van der Waals surface area (Å²) in [5.41, 5.74) is 7.07. The minimum atomic E-state index is 0.554. The molecule has 0 saturated carbocycles. The fraction of sp³-hybridized carbons (Fsp3) is 0.333. The van der Waals surface area contributed by atoms with Crippen molar-refractivity contribution in [1.29, 1.82) is 0 Å². The van der Waals surface area contributed by atoms with Gasteiger partial charge in [0.2, 0.25) is 0 Å². The molecule has 2 rings (SSSR count). The number of anilines is 1. The van der Waals surface area contributed by atoms with Crippen molar-refractivity contribution in [2.45, 2.75) is 30.9 Å². The Balaban J connectivity index is 2.14. The molecule has 21 heavy (non-hydrogen) atoms. The van der Waals surface area contributed by atoms with Crippen LogP contribution in [0.3, 0.4) is 0 Å². The number of rotatable bonds is 5. The highest BCUT2D eigenvalue weighted by Gasteiger charge is 2.11. The van der Waals surface area contributed by atoms with Crippen LogP contribution in [0.5, 0.6) is 0 Å². The SMILES string of the molecule is CC(C)Cc1nc(CSc2cccc(Br)c2)nc(N)c1I. The fourth-order valence-corrected chi connectivity index (χ4v) is 3.68. The molecular weight excluding hydrogens is 461 g/mol. The number of aromatic nitrogens is 2. The summed E-state index contributed by atoms with van der Waals surface area (Å²) in [6.07, 6.45) is 0.930. The van der Waals surface area contributed by atoms with E-state index in [4.69, 9.17) is 5.73 Å². The van der Waals surface area contributed by atoms with Crippen molar-refractivity contribution in [3.8, 4) is 0 Å². The Hall–Kier alpha value is -0.340. The molecule has 2 N–H and O–H groups in total. The smallest absolute Gasteiger partial charge is 0.141 e. The van der Waals surface area contributed by atoms with E-state index in [0.29, 0.717) is 11.7 Å². The number of nitrogens with two attached hydrogens (primary N) is 1. The summed E-state index contributed by atoms with van der Waals surface area (Å²) in [7, 11) is 0.